The molecule has 2 saturated heterocycles. The molecule has 4 N–H and O–H groups in total. The van der Waals surface area contributed by atoms with Crippen LogP contribution in [0.15, 0.2) is 36.0 Å². The average Bonchev–Trinajstić information content (AvgIpc) is 3.21. The summed E-state index contributed by atoms with van der Waals surface area (Å²) in [6.07, 6.45) is -5.18. The number of hydrogen-bond donors (Lipinski definition) is 4. The van der Waals surface area contributed by atoms with Gasteiger partial charge in [-0.2, -0.15) is 0 Å². The van der Waals surface area contributed by atoms with Crippen molar-refractivity contribution in [2.75, 3.05) is 6.61 Å². The maximum Gasteiger partial charge on any atom is 0.333 e. The van der Waals surface area contributed by atoms with Gasteiger partial charge in [0.2, 0.25) is 18.3 Å². The number of benzene rings is 2. The number of aryl methyl sites for hydroxylation is 1. The number of phenolic OH excluding ortho intramolecular Hbond substituents is 1. The van der Waals surface area contributed by atoms with E-state index >= 15 is 0 Å². The third-order valence-electron chi connectivity index (χ3n) is 7.44. The predicted octanol–water partition coefficient (Wildman–Crippen LogP) is 0.958. The van der Waals surface area contributed by atoms with Gasteiger partial charge < -0.3 is 39.5 Å². The van der Waals surface area contributed by atoms with Gasteiger partial charge in [-0.25, -0.2) is 4.79 Å². The first-order valence-electron chi connectivity index (χ1n) is 12.2. The van der Waals surface area contributed by atoms with Crippen LogP contribution in [-0.2, 0) is 14.3 Å². The van der Waals surface area contributed by atoms with Gasteiger partial charge in [-0.15, -0.1) is 0 Å². The van der Waals surface area contributed by atoms with Gasteiger partial charge in [-0.3, -0.25) is 9.59 Å². The second kappa shape index (κ2) is 8.63. The van der Waals surface area contributed by atoms with E-state index in [0.29, 0.717) is 11.1 Å². The Morgan fingerprint density at radius 1 is 1.11 bits per heavy atom. The van der Waals surface area contributed by atoms with Gasteiger partial charge in [-0.1, -0.05) is 12.1 Å². The largest absolute Gasteiger partial charge is 0.507 e. The van der Waals surface area contributed by atoms with Gasteiger partial charge in [-0.05, 0) is 37.6 Å². The third-order valence-corrected chi connectivity index (χ3v) is 7.44. The first-order valence-corrected chi connectivity index (χ1v) is 12.2. The number of esters is 1. The minimum Gasteiger partial charge on any atom is -0.507 e. The van der Waals surface area contributed by atoms with Crippen LogP contribution in [0.1, 0.15) is 57.0 Å². The van der Waals surface area contributed by atoms with Crippen LogP contribution in [0, 0.1) is 6.92 Å². The molecular weight excluding hydrogens is 498 g/mol. The first-order chi connectivity index (χ1) is 18.1. The maximum atomic E-state index is 14.1. The fourth-order valence-electron chi connectivity index (χ4n) is 5.68. The van der Waals surface area contributed by atoms with E-state index in [2.05, 4.69) is 0 Å². The van der Waals surface area contributed by atoms with Crippen molar-refractivity contribution in [2.24, 2.45) is 0 Å². The first kappa shape index (κ1) is 24.6. The number of nitrogens with zero attached hydrogens (tertiary/aromatic N) is 1. The van der Waals surface area contributed by atoms with E-state index in [4.69, 9.17) is 14.2 Å². The molecule has 2 aromatic carbocycles. The lowest BCUT2D eigenvalue weighted by Gasteiger charge is -2.39. The zero-order chi connectivity index (χ0) is 27.0. The minimum atomic E-state index is -1.24. The molecule has 11 nitrogen and oxygen atoms in total. The zero-order valence-corrected chi connectivity index (χ0v) is 20.5. The van der Waals surface area contributed by atoms with E-state index in [0.717, 1.165) is 0 Å². The molecule has 4 aliphatic rings. The zero-order valence-electron chi connectivity index (χ0n) is 20.5. The number of phenols is 1. The number of aliphatic hydroxyl groups is 3. The topological polar surface area (TPSA) is 163 Å². The van der Waals surface area contributed by atoms with Crippen LogP contribution in [0.2, 0.25) is 0 Å². The van der Waals surface area contributed by atoms with E-state index in [-0.39, 0.29) is 45.9 Å². The molecule has 2 fully saturated rings. The van der Waals surface area contributed by atoms with Gasteiger partial charge in [0, 0.05) is 23.1 Å². The highest BCUT2D eigenvalue weighted by Crippen LogP contribution is 2.52. The van der Waals surface area contributed by atoms with Crippen LogP contribution in [0.4, 0.5) is 0 Å². The summed E-state index contributed by atoms with van der Waals surface area (Å²) in [5.41, 5.74) is 0.725. The number of fused-ring (bicyclic) bond motifs is 6. The smallest absolute Gasteiger partial charge is 0.333 e. The van der Waals surface area contributed by atoms with Gasteiger partial charge in [0.25, 0.3) is 0 Å². The average molecular weight is 523 g/mol. The lowest BCUT2D eigenvalue weighted by atomic mass is 9.78. The van der Waals surface area contributed by atoms with Crippen molar-refractivity contribution in [1.29, 1.82) is 0 Å². The Bertz CT molecular complexity index is 1420. The van der Waals surface area contributed by atoms with E-state index in [9.17, 15) is 34.8 Å². The molecule has 6 rings (SSSR count). The Morgan fingerprint density at radius 3 is 2.58 bits per heavy atom. The summed E-state index contributed by atoms with van der Waals surface area (Å²) in [5.74, 6) is -2.25. The Labute approximate surface area is 216 Å². The Hall–Kier alpha value is -3.77. The van der Waals surface area contributed by atoms with E-state index in [1.807, 2.05) is 0 Å². The van der Waals surface area contributed by atoms with Crippen LogP contribution in [0.3, 0.4) is 0 Å². The van der Waals surface area contributed by atoms with Crippen molar-refractivity contribution in [3.05, 3.63) is 63.8 Å². The SMILES string of the molecule is Cc1cc(O)c2c(c1)[C@@H]1OC(=O)[C@@H](CO)N1C1=C2C(=O)c2cccc(O[C@H]3C[C@@H](O)[C@@H](O)[C@H](C)O3)c2C1=O. The minimum absolute atomic E-state index is 0.00987. The molecule has 38 heavy (non-hydrogen) atoms. The number of allylic oxidation sites excluding steroid dienone is 2. The summed E-state index contributed by atoms with van der Waals surface area (Å²) in [6.45, 7) is 2.63. The molecule has 0 saturated carbocycles. The number of rotatable bonds is 3. The standard InChI is InChI=1S/C27H25NO10/c1-10-6-13-19(15(30)7-10)21-22(28-14(9-29)27(35)38-26(13)28)25(34)20-12(24(21)33)4-3-5-17(20)37-18-8-16(31)23(32)11(2)36-18/h3-7,11,14,16,18,23,26,29-32H,8-9H2,1-2H3/t11-,14+,16+,18-,23-,26-/m0/s1. The molecule has 2 aromatic rings. The predicted molar refractivity (Wildman–Crippen MR) is 128 cm³/mol. The number of carbonyl (C=O) groups excluding carboxylic acids is 3. The molecule has 198 valence electrons. The van der Waals surface area contributed by atoms with Gasteiger partial charge in [0.1, 0.15) is 23.3 Å². The molecule has 0 amide bonds. The Morgan fingerprint density at radius 2 is 1.87 bits per heavy atom. The number of aromatic hydroxyl groups is 1. The van der Waals surface area contributed by atoms with Crippen molar-refractivity contribution >= 4 is 23.1 Å². The normalized spacial score (nSPS) is 29.9. The van der Waals surface area contributed by atoms with E-state index in [1.165, 1.54) is 29.2 Å². The summed E-state index contributed by atoms with van der Waals surface area (Å²) >= 11 is 0. The van der Waals surface area contributed by atoms with Gasteiger partial charge >= 0.3 is 5.97 Å². The van der Waals surface area contributed by atoms with Crippen molar-refractivity contribution in [3.63, 3.8) is 0 Å². The summed E-state index contributed by atoms with van der Waals surface area (Å²) < 4.78 is 17.1. The van der Waals surface area contributed by atoms with Crippen molar-refractivity contribution in [1.82, 2.24) is 4.90 Å². The highest BCUT2D eigenvalue weighted by atomic mass is 16.7. The molecule has 6 atom stereocenters. The fraction of sp³-hybridized carbons (Fsp3) is 0.370. The summed E-state index contributed by atoms with van der Waals surface area (Å²) in [5, 5.41) is 41.1. The number of aliphatic hydroxyl groups excluding tert-OH is 3. The van der Waals surface area contributed by atoms with Crippen molar-refractivity contribution < 1.29 is 49.0 Å². The second-order valence-corrected chi connectivity index (χ2v) is 9.89. The molecule has 3 aliphatic heterocycles. The third kappa shape index (κ3) is 3.39. The number of ether oxygens (including phenoxy) is 3. The fourth-order valence-corrected chi connectivity index (χ4v) is 5.68. The Kier molecular flexibility index (Phi) is 5.58. The maximum absolute atomic E-state index is 14.1. The number of Topliss-reactive ketones (excluding diaryl/α,β-unsaturated/α-hetero) is 2. The molecule has 0 radical (unpaired) electrons. The molecule has 0 unspecified atom stereocenters. The summed E-state index contributed by atoms with van der Waals surface area (Å²) in [4.78, 5) is 42.1. The molecule has 0 aromatic heterocycles. The monoisotopic (exact) mass is 523 g/mol. The molecule has 11 heteroatoms. The van der Waals surface area contributed by atoms with Crippen LogP contribution in [0.25, 0.3) is 5.57 Å². The number of ketones is 2. The van der Waals surface area contributed by atoms with E-state index in [1.54, 1.807) is 19.9 Å². The van der Waals surface area contributed by atoms with Crippen molar-refractivity contribution in [3.8, 4) is 11.5 Å². The number of carbonyl (C=O) groups is 3. The summed E-state index contributed by atoms with van der Waals surface area (Å²) in [6, 6.07) is 6.34. The van der Waals surface area contributed by atoms with Crippen LogP contribution in [-0.4, -0.2) is 80.1 Å². The van der Waals surface area contributed by atoms with E-state index < -0.39 is 61.0 Å². The van der Waals surface area contributed by atoms with Crippen LogP contribution >= 0.6 is 0 Å². The lowest BCUT2D eigenvalue weighted by Crippen LogP contribution is -2.48. The van der Waals surface area contributed by atoms with Crippen LogP contribution in [0.5, 0.6) is 11.5 Å². The van der Waals surface area contributed by atoms with Crippen LogP contribution < -0.4 is 4.74 Å². The highest BCUT2D eigenvalue weighted by molar-refractivity contribution is 6.41. The molecule has 0 bridgehead atoms. The molecule has 3 heterocycles. The molecular formula is C27H25NO10. The molecule has 1 aliphatic carbocycles. The molecule has 0 spiro atoms. The lowest BCUT2D eigenvalue weighted by molar-refractivity contribution is -0.216. The van der Waals surface area contributed by atoms with Crippen molar-refractivity contribution in [2.45, 2.75) is 57.1 Å². The summed E-state index contributed by atoms with van der Waals surface area (Å²) in [7, 11) is 0. The van der Waals surface area contributed by atoms with Gasteiger partial charge in [0.15, 0.2) is 11.8 Å². The Balaban J connectivity index is 1.51. The highest BCUT2D eigenvalue weighted by Gasteiger charge is 2.54. The van der Waals surface area contributed by atoms with Gasteiger partial charge in [0.05, 0.1) is 30.0 Å². The number of hydrogen-bond acceptors (Lipinski definition) is 11. The second-order valence-electron chi connectivity index (χ2n) is 9.89. The quantitative estimate of drug-likeness (QED) is 0.424.